The first-order chi connectivity index (χ1) is 7.65. The van der Waals surface area contributed by atoms with Crippen LogP contribution in [-0.2, 0) is 0 Å². The normalized spacial score (nSPS) is 10.1. The Kier molecular flexibility index (Phi) is 4.76. The van der Waals surface area contributed by atoms with Gasteiger partial charge in [-0.25, -0.2) is 9.78 Å². The van der Waals surface area contributed by atoms with E-state index in [-0.39, 0.29) is 5.69 Å². The van der Waals surface area contributed by atoms with Gasteiger partial charge in [0.25, 0.3) is 0 Å². The second-order valence-corrected chi connectivity index (χ2v) is 3.66. The maximum atomic E-state index is 10.9. The Labute approximate surface area is 95.3 Å². The molecule has 0 radical (unpaired) electrons. The fraction of sp³-hybridized carbons (Fsp3) is 0.500. The third-order valence-electron chi connectivity index (χ3n) is 2.21. The lowest BCUT2D eigenvalue weighted by Gasteiger charge is -2.08. The molecule has 0 aromatic carbocycles. The van der Waals surface area contributed by atoms with Crippen molar-refractivity contribution < 1.29 is 14.6 Å². The van der Waals surface area contributed by atoms with E-state index in [1.807, 2.05) is 0 Å². The van der Waals surface area contributed by atoms with Crippen LogP contribution < -0.4 is 4.74 Å². The number of hydrogen-bond acceptors (Lipinski definition) is 3. The van der Waals surface area contributed by atoms with Crippen molar-refractivity contribution in [2.75, 3.05) is 6.61 Å². The average molecular weight is 223 g/mol. The molecule has 0 bridgehead atoms. The predicted molar refractivity (Wildman–Crippen MR) is 61.0 cm³/mol. The molecule has 1 N–H and O–H groups in total. The molecule has 0 fully saturated rings. The largest absolute Gasteiger partial charge is 0.491 e. The summed E-state index contributed by atoms with van der Waals surface area (Å²) in [6.45, 7) is 4.41. The summed E-state index contributed by atoms with van der Waals surface area (Å²) < 4.78 is 5.41. The van der Waals surface area contributed by atoms with Crippen molar-refractivity contribution in [3.63, 3.8) is 0 Å². The Hall–Kier alpha value is -1.58. The van der Waals surface area contributed by atoms with Gasteiger partial charge in [-0.15, -0.1) is 0 Å². The molecule has 4 heteroatoms. The summed E-state index contributed by atoms with van der Waals surface area (Å²) in [4.78, 5) is 14.9. The van der Waals surface area contributed by atoms with Crippen molar-refractivity contribution in [3.05, 3.63) is 23.5 Å². The highest BCUT2D eigenvalue weighted by atomic mass is 16.5. The average Bonchev–Trinajstić information content (AvgIpc) is 2.26. The van der Waals surface area contributed by atoms with Gasteiger partial charge in [0.2, 0.25) is 0 Å². The molecule has 1 heterocycles. The Bertz CT molecular complexity index is 363. The number of nitrogens with zero attached hydrogens (tertiary/aromatic N) is 1. The van der Waals surface area contributed by atoms with Crippen molar-refractivity contribution in [2.45, 2.75) is 33.1 Å². The van der Waals surface area contributed by atoms with Gasteiger partial charge in [0.1, 0.15) is 0 Å². The van der Waals surface area contributed by atoms with Crippen LogP contribution in [0.15, 0.2) is 12.1 Å². The van der Waals surface area contributed by atoms with Crippen LogP contribution in [0.4, 0.5) is 0 Å². The third-order valence-corrected chi connectivity index (χ3v) is 2.21. The van der Waals surface area contributed by atoms with Crippen LogP contribution in [0.2, 0.25) is 0 Å². The van der Waals surface area contributed by atoms with Gasteiger partial charge in [-0.3, -0.25) is 0 Å². The number of ether oxygens (including phenoxy) is 1. The number of aromatic carboxylic acids is 1. The lowest BCUT2D eigenvalue weighted by atomic mass is 10.2. The summed E-state index contributed by atoms with van der Waals surface area (Å²) in [6.07, 6.45) is 3.13. The zero-order chi connectivity index (χ0) is 12.0. The second-order valence-electron chi connectivity index (χ2n) is 3.66. The van der Waals surface area contributed by atoms with Crippen molar-refractivity contribution in [1.82, 2.24) is 4.98 Å². The van der Waals surface area contributed by atoms with Gasteiger partial charge in [-0.05, 0) is 25.5 Å². The minimum atomic E-state index is -1.05. The number of aryl methyl sites for hydroxylation is 1. The molecular formula is C12H17NO3. The lowest BCUT2D eigenvalue weighted by Crippen LogP contribution is -2.07. The molecule has 0 spiro atoms. The highest BCUT2D eigenvalue weighted by Gasteiger charge is 2.13. The standard InChI is InChI=1S/C12H17NO3/c1-3-4-5-8-16-10-7-6-9(2)13-11(10)12(14)15/h6-7H,3-5,8H2,1-2H3,(H,14,15). The number of pyridine rings is 1. The van der Waals surface area contributed by atoms with E-state index in [2.05, 4.69) is 11.9 Å². The van der Waals surface area contributed by atoms with Gasteiger partial charge < -0.3 is 9.84 Å². The summed E-state index contributed by atoms with van der Waals surface area (Å²) in [6, 6.07) is 3.42. The van der Waals surface area contributed by atoms with Crippen LogP contribution in [0.25, 0.3) is 0 Å². The smallest absolute Gasteiger partial charge is 0.358 e. The second kappa shape index (κ2) is 6.10. The van der Waals surface area contributed by atoms with Crippen LogP contribution in [0, 0.1) is 6.92 Å². The van der Waals surface area contributed by atoms with Crippen molar-refractivity contribution in [1.29, 1.82) is 0 Å². The topological polar surface area (TPSA) is 59.4 Å². The molecule has 0 saturated carbocycles. The van der Waals surface area contributed by atoms with Crippen LogP contribution in [0.1, 0.15) is 42.4 Å². The molecule has 0 aliphatic heterocycles. The van der Waals surface area contributed by atoms with Crippen LogP contribution in [-0.4, -0.2) is 22.7 Å². The minimum absolute atomic E-state index is 0.00324. The maximum absolute atomic E-state index is 10.9. The lowest BCUT2D eigenvalue weighted by molar-refractivity contribution is 0.0685. The number of unbranched alkanes of at least 4 members (excludes halogenated alkanes) is 2. The monoisotopic (exact) mass is 223 g/mol. The van der Waals surface area contributed by atoms with Gasteiger partial charge >= 0.3 is 5.97 Å². The van der Waals surface area contributed by atoms with E-state index in [9.17, 15) is 4.79 Å². The first-order valence-corrected chi connectivity index (χ1v) is 5.49. The summed E-state index contributed by atoms with van der Waals surface area (Å²) in [7, 11) is 0. The molecule has 0 aliphatic carbocycles. The molecule has 16 heavy (non-hydrogen) atoms. The van der Waals surface area contributed by atoms with E-state index in [0.29, 0.717) is 18.1 Å². The van der Waals surface area contributed by atoms with E-state index < -0.39 is 5.97 Å². The molecule has 0 unspecified atom stereocenters. The molecule has 4 nitrogen and oxygen atoms in total. The first kappa shape index (κ1) is 12.5. The molecule has 0 atom stereocenters. The van der Waals surface area contributed by atoms with Gasteiger partial charge in [0.15, 0.2) is 11.4 Å². The molecular weight excluding hydrogens is 206 g/mol. The number of carbonyl (C=O) groups is 1. The van der Waals surface area contributed by atoms with Gasteiger partial charge in [0.05, 0.1) is 6.61 Å². The highest BCUT2D eigenvalue weighted by Crippen LogP contribution is 2.17. The number of carboxylic acid groups (broad SMARTS) is 1. The fourth-order valence-electron chi connectivity index (χ4n) is 1.35. The Balaban J connectivity index is 2.67. The van der Waals surface area contributed by atoms with Gasteiger partial charge in [0, 0.05) is 5.69 Å². The molecule has 0 amide bonds. The molecule has 1 aromatic rings. The highest BCUT2D eigenvalue weighted by molar-refractivity contribution is 5.88. The molecule has 88 valence electrons. The zero-order valence-electron chi connectivity index (χ0n) is 9.69. The molecule has 0 aliphatic rings. The maximum Gasteiger partial charge on any atom is 0.358 e. The van der Waals surface area contributed by atoms with Crippen molar-refractivity contribution >= 4 is 5.97 Å². The Morgan fingerprint density at radius 3 is 2.81 bits per heavy atom. The van der Waals surface area contributed by atoms with Crippen LogP contribution in [0.3, 0.4) is 0 Å². The van der Waals surface area contributed by atoms with E-state index in [4.69, 9.17) is 9.84 Å². The molecule has 0 saturated heterocycles. The summed E-state index contributed by atoms with van der Waals surface area (Å²) in [5.41, 5.74) is 0.676. The third kappa shape index (κ3) is 3.53. The fourth-order valence-corrected chi connectivity index (χ4v) is 1.35. The summed E-state index contributed by atoms with van der Waals surface area (Å²) in [5, 5.41) is 8.95. The number of carboxylic acids is 1. The Morgan fingerprint density at radius 2 is 2.19 bits per heavy atom. The quantitative estimate of drug-likeness (QED) is 0.753. The number of aromatic nitrogens is 1. The van der Waals surface area contributed by atoms with Crippen LogP contribution >= 0.6 is 0 Å². The van der Waals surface area contributed by atoms with Gasteiger partial charge in [-0.1, -0.05) is 19.8 Å². The van der Waals surface area contributed by atoms with E-state index in [1.54, 1.807) is 19.1 Å². The van der Waals surface area contributed by atoms with E-state index >= 15 is 0 Å². The molecule has 1 aromatic heterocycles. The first-order valence-electron chi connectivity index (χ1n) is 5.49. The Morgan fingerprint density at radius 1 is 1.44 bits per heavy atom. The number of hydrogen-bond donors (Lipinski definition) is 1. The van der Waals surface area contributed by atoms with E-state index in [1.165, 1.54) is 0 Å². The van der Waals surface area contributed by atoms with Crippen molar-refractivity contribution in [3.8, 4) is 5.75 Å². The van der Waals surface area contributed by atoms with Crippen LogP contribution in [0.5, 0.6) is 5.75 Å². The number of rotatable bonds is 6. The van der Waals surface area contributed by atoms with Gasteiger partial charge in [-0.2, -0.15) is 0 Å². The van der Waals surface area contributed by atoms with E-state index in [0.717, 1.165) is 19.3 Å². The summed E-state index contributed by atoms with van der Waals surface area (Å²) in [5.74, 6) is -0.691. The van der Waals surface area contributed by atoms with Crippen molar-refractivity contribution in [2.24, 2.45) is 0 Å². The SMILES string of the molecule is CCCCCOc1ccc(C)nc1C(=O)O. The molecule has 1 rings (SSSR count). The predicted octanol–water partition coefficient (Wildman–Crippen LogP) is 2.66. The minimum Gasteiger partial charge on any atom is -0.491 e. The zero-order valence-corrected chi connectivity index (χ0v) is 9.69. The summed E-state index contributed by atoms with van der Waals surface area (Å²) >= 11 is 0.